The zero-order chi connectivity index (χ0) is 8.10. The molecule has 0 aromatic carbocycles. The lowest BCUT2D eigenvalue weighted by atomic mass is 10.4. The van der Waals surface area contributed by atoms with Crippen LogP contribution in [-0.2, 0) is 9.53 Å². The smallest absolute Gasteiger partial charge is 0.331 e. The monoisotopic (exact) mass is 155 g/mol. The lowest BCUT2D eigenvalue weighted by molar-refractivity contribution is -0.134. The average molecular weight is 155 g/mol. The van der Waals surface area contributed by atoms with Gasteiger partial charge >= 0.3 is 5.97 Å². The topological polar surface area (TPSA) is 29.5 Å². The van der Waals surface area contributed by atoms with Crippen LogP contribution >= 0.6 is 0 Å². The van der Waals surface area contributed by atoms with Gasteiger partial charge in [0.1, 0.15) is 0 Å². The van der Waals surface area contributed by atoms with Crippen LogP contribution in [0.4, 0.5) is 0 Å². The molecule has 1 rings (SSSR count). The molecule has 62 valence electrons. The van der Waals surface area contributed by atoms with Crippen molar-refractivity contribution in [3.8, 4) is 0 Å². The number of carbonyl (C=O) groups excluding carboxylic acids is 1. The van der Waals surface area contributed by atoms with E-state index in [1.807, 2.05) is 0 Å². The van der Waals surface area contributed by atoms with Crippen LogP contribution in [0.5, 0.6) is 0 Å². The quantitative estimate of drug-likeness (QED) is 0.435. The molecular weight excluding hydrogens is 142 g/mol. The highest BCUT2D eigenvalue weighted by Crippen LogP contribution is 2.06. The molecule has 1 saturated heterocycles. The van der Waals surface area contributed by atoms with Crippen molar-refractivity contribution in [2.45, 2.75) is 12.8 Å². The van der Waals surface area contributed by atoms with Crippen molar-refractivity contribution in [3.63, 3.8) is 0 Å². The van der Waals surface area contributed by atoms with Crippen LogP contribution in [0.25, 0.3) is 0 Å². The maximum absolute atomic E-state index is 10.6. The molecule has 0 aliphatic carbocycles. The first-order chi connectivity index (χ1) is 5.33. The minimum Gasteiger partial charge on any atom is -0.466 e. The molecule has 0 aromatic heterocycles. The maximum atomic E-state index is 10.6. The molecular formula is C8H13NO2. The predicted octanol–water partition coefficient (Wildman–Crippen LogP) is 0.769. The minimum absolute atomic E-state index is 0.281. The summed E-state index contributed by atoms with van der Waals surface area (Å²) in [7, 11) is 1.39. The van der Waals surface area contributed by atoms with Gasteiger partial charge in [-0.2, -0.15) is 0 Å². The van der Waals surface area contributed by atoms with Crippen LogP contribution in [0.1, 0.15) is 12.8 Å². The van der Waals surface area contributed by atoms with Crippen molar-refractivity contribution in [3.05, 3.63) is 12.3 Å². The van der Waals surface area contributed by atoms with E-state index in [9.17, 15) is 4.79 Å². The second-order valence-electron chi connectivity index (χ2n) is 2.58. The van der Waals surface area contributed by atoms with Crippen LogP contribution in [0, 0.1) is 0 Å². The summed E-state index contributed by atoms with van der Waals surface area (Å²) in [6.45, 7) is 2.13. The van der Waals surface area contributed by atoms with Crippen LogP contribution in [-0.4, -0.2) is 31.1 Å². The average Bonchev–Trinajstić information content (AvgIpc) is 2.52. The van der Waals surface area contributed by atoms with Gasteiger partial charge in [-0.3, -0.25) is 0 Å². The maximum Gasteiger partial charge on any atom is 0.331 e. The number of rotatable bonds is 2. The number of methoxy groups -OCH3 is 1. The van der Waals surface area contributed by atoms with E-state index in [2.05, 4.69) is 9.64 Å². The number of carbonyl (C=O) groups is 1. The first-order valence-corrected chi connectivity index (χ1v) is 3.83. The molecule has 0 saturated carbocycles. The van der Waals surface area contributed by atoms with Gasteiger partial charge in [-0.1, -0.05) is 0 Å². The summed E-state index contributed by atoms with van der Waals surface area (Å²) in [5.74, 6) is -0.281. The van der Waals surface area contributed by atoms with Crippen LogP contribution in [0.15, 0.2) is 12.3 Å². The summed E-state index contributed by atoms with van der Waals surface area (Å²) in [4.78, 5) is 12.8. The molecule has 0 atom stereocenters. The molecule has 1 aliphatic rings. The second kappa shape index (κ2) is 4.01. The standard InChI is InChI=1S/C8H13NO2/c1-11-8(10)4-7-9-5-2-3-6-9/h4,7H,2-3,5-6H2,1H3. The lowest BCUT2D eigenvalue weighted by Crippen LogP contribution is -2.11. The Balaban J connectivity index is 2.27. The molecule has 0 radical (unpaired) electrons. The number of ether oxygens (including phenoxy) is 1. The van der Waals surface area contributed by atoms with Gasteiger partial charge in [-0.05, 0) is 12.8 Å². The molecule has 0 aromatic rings. The highest BCUT2D eigenvalue weighted by atomic mass is 16.5. The summed E-state index contributed by atoms with van der Waals surface area (Å²) in [5.41, 5.74) is 0. The van der Waals surface area contributed by atoms with Crippen molar-refractivity contribution < 1.29 is 9.53 Å². The Morgan fingerprint density at radius 1 is 1.45 bits per heavy atom. The third kappa shape index (κ3) is 2.62. The normalized spacial score (nSPS) is 17.7. The van der Waals surface area contributed by atoms with E-state index < -0.39 is 0 Å². The zero-order valence-corrected chi connectivity index (χ0v) is 6.75. The summed E-state index contributed by atoms with van der Waals surface area (Å²) in [6, 6.07) is 0. The minimum atomic E-state index is -0.281. The van der Waals surface area contributed by atoms with E-state index >= 15 is 0 Å². The number of likely N-dealkylation sites (tertiary alicyclic amines) is 1. The third-order valence-electron chi connectivity index (χ3n) is 1.76. The predicted molar refractivity (Wildman–Crippen MR) is 42.0 cm³/mol. The molecule has 3 heteroatoms. The molecule has 0 spiro atoms. The van der Waals surface area contributed by atoms with Crippen LogP contribution in [0.3, 0.4) is 0 Å². The van der Waals surface area contributed by atoms with Crippen molar-refractivity contribution >= 4 is 5.97 Å². The first-order valence-electron chi connectivity index (χ1n) is 3.83. The Morgan fingerprint density at radius 2 is 2.09 bits per heavy atom. The number of nitrogens with zero attached hydrogens (tertiary/aromatic N) is 1. The summed E-state index contributed by atoms with van der Waals surface area (Å²) < 4.78 is 4.46. The second-order valence-corrected chi connectivity index (χ2v) is 2.58. The fourth-order valence-corrected chi connectivity index (χ4v) is 1.12. The Kier molecular flexibility index (Phi) is 2.95. The van der Waals surface area contributed by atoms with Crippen LogP contribution in [0.2, 0.25) is 0 Å². The van der Waals surface area contributed by atoms with Gasteiger partial charge < -0.3 is 9.64 Å². The van der Waals surface area contributed by atoms with Gasteiger partial charge in [0.25, 0.3) is 0 Å². The van der Waals surface area contributed by atoms with E-state index in [0.29, 0.717) is 0 Å². The van der Waals surface area contributed by atoms with Crippen molar-refractivity contribution in [2.75, 3.05) is 20.2 Å². The third-order valence-corrected chi connectivity index (χ3v) is 1.76. The number of hydrogen-bond acceptors (Lipinski definition) is 3. The number of esters is 1. The van der Waals surface area contributed by atoms with Crippen molar-refractivity contribution in [1.29, 1.82) is 0 Å². The fourth-order valence-electron chi connectivity index (χ4n) is 1.12. The van der Waals surface area contributed by atoms with E-state index in [4.69, 9.17) is 0 Å². The molecule has 0 bridgehead atoms. The largest absolute Gasteiger partial charge is 0.466 e. The molecule has 1 aliphatic heterocycles. The van der Waals surface area contributed by atoms with Gasteiger partial charge in [-0.25, -0.2) is 4.79 Å². The summed E-state index contributed by atoms with van der Waals surface area (Å²) in [5, 5.41) is 0. The zero-order valence-electron chi connectivity index (χ0n) is 6.75. The molecule has 3 nitrogen and oxygen atoms in total. The molecule has 11 heavy (non-hydrogen) atoms. The summed E-state index contributed by atoms with van der Waals surface area (Å²) in [6.07, 6.45) is 5.72. The number of hydrogen-bond donors (Lipinski definition) is 0. The molecule has 1 fully saturated rings. The van der Waals surface area contributed by atoms with E-state index in [-0.39, 0.29) is 5.97 Å². The van der Waals surface area contributed by atoms with Crippen molar-refractivity contribution in [2.24, 2.45) is 0 Å². The fraction of sp³-hybridized carbons (Fsp3) is 0.625. The van der Waals surface area contributed by atoms with Crippen molar-refractivity contribution in [1.82, 2.24) is 4.90 Å². The van der Waals surface area contributed by atoms with E-state index in [1.165, 1.54) is 26.0 Å². The molecule has 0 amide bonds. The Morgan fingerprint density at radius 3 is 2.64 bits per heavy atom. The van der Waals surface area contributed by atoms with Crippen LogP contribution < -0.4 is 0 Å². The molecule has 0 N–H and O–H groups in total. The molecule has 1 heterocycles. The van der Waals surface area contributed by atoms with Gasteiger partial charge in [0.2, 0.25) is 0 Å². The highest BCUT2D eigenvalue weighted by Gasteiger charge is 2.06. The van der Waals surface area contributed by atoms with Gasteiger partial charge in [-0.15, -0.1) is 0 Å². The van der Waals surface area contributed by atoms with Gasteiger partial charge in [0, 0.05) is 25.4 Å². The van der Waals surface area contributed by atoms with Gasteiger partial charge in [0.05, 0.1) is 7.11 Å². The Labute approximate surface area is 66.6 Å². The Hall–Kier alpha value is -0.990. The van der Waals surface area contributed by atoms with E-state index in [1.54, 1.807) is 6.20 Å². The molecule has 0 unspecified atom stereocenters. The SMILES string of the molecule is COC(=O)C=CN1CCCC1. The van der Waals surface area contributed by atoms with E-state index in [0.717, 1.165) is 13.1 Å². The lowest BCUT2D eigenvalue weighted by Gasteiger charge is -2.08. The van der Waals surface area contributed by atoms with Gasteiger partial charge in [0.15, 0.2) is 0 Å². The summed E-state index contributed by atoms with van der Waals surface area (Å²) >= 11 is 0. The first kappa shape index (κ1) is 8.11. The highest BCUT2D eigenvalue weighted by molar-refractivity contribution is 5.81. The Bertz CT molecular complexity index is 159.